The van der Waals surface area contributed by atoms with Crippen LogP contribution in [0, 0.1) is 5.92 Å². The van der Waals surface area contributed by atoms with Gasteiger partial charge in [0, 0.05) is 5.56 Å². The molecule has 1 aliphatic rings. The lowest BCUT2D eigenvalue weighted by Gasteiger charge is -2.16. The summed E-state index contributed by atoms with van der Waals surface area (Å²) in [6.45, 7) is 4.22. The highest BCUT2D eigenvalue weighted by Gasteiger charge is 2.33. The van der Waals surface area contributed by atoms with Crippen LogP contribution < -0.4 is 0 Å². The van der Waals surface area contributed by atoms with E-state index in [0.29, 0.717) is 5.92 Å². The van der Waals surface area contributed by atoms with Crippen molar-refractivity contribution >= 4 is 5.97 Å². The molecule has 74 valence electrons. The third-order valence-corrected chi connectivity index (χ3v) is 2.88. The van der Waals surface area contributed by atoms with Gasteiger partial charge in [0.05, 0.1) is 5.56 Å². The number of hydrogen-bond donors (Lipinski definition) is 0. The molecule has 2 rings (SSSR count). The van der Waals surface area contributed by atoms with Crippen LogP contribution in [0.5, 0.6) is 0 Å². The van der Waals surface area contributed by atoms with Crippen molar-refractivity contribution in [3.8, 4) is 0 Å². The van der Waals surface area contributed by atoms with Gasteiger partial charge in [0.1, 0.15) is 6.10 Å². The lowest BCUT2D eigenvalue weighted by molar-refractivity contribution is 0.0254. The molecule has 0 bridgehead atoms. The number of benzene rings is 1. The Morgan fingerprint density at radius 2 is 2.14 bits per heavy atom. The minimum Gasteiger partial charge on any atom is -0.454 e. The summed E-state index contributed by atoms with van der Waals surface area (Å²) >= 11 is 0. The Hall–Kier alpha value is -1.31. The molecule has 2 heteroatoms. The summed E-state index contributed by atoms with van der Waals surface area (Å²) in [7, 11) is 0. The number of ether oxygens (including phenoxy) is 1. The Labute approximate surface area is 83.9 Å². The Balaban J connectivity index is 2.39. The van der Waals surface area contributed by atoms with Crippen molar-refractivity contribution < 1.29 is 9.53 Å². The molecule has 0 amide bonds. The molecule has 2 nitrogen and oxygen atoms in total. The Morgan fingerprint density at radius 3 is 2.86 bits per heavy atom. The summed E-state index contributed by atoms with van der Waals surface area (Å²) in [5.41, 5.74) is 1.78. The molecular formula is C12H14O2. The highest BCUT2D eigenvalue weighted by molar-refractivity contribution is 5.94. The van der Waals surface area contributed by atoms with E-state index in [-0.39, 0.29) is 12.1 Å². The number of rotatable bonds is 2. The van der Waals surface area contributed by atoms with Gasteiger partial charge in [-0.05, 0) is 18.4 Å². The van der Waals surface area contributed by atoms with Crippen molar-refractivity contribution in [2.45, 2.75) is 26.4 Å². The van der Waals surface area contributed by atoms with Crippen molar-refractivity contribution in [1.82, 2.24) is 0 Å². The predicted molar refractivity (Wildman–Crippen MR) is 54.1 cm³/mol. The smallest absolute Gasteiger partial charge is 0.339 e. The molecule has 0 fully saturated rings. The van der Waals surface area contributed by atoms with Gasteiger partial charge < -0.3 is 4.74 Å². The monoisotopic (exact) mass is 190 g/mol. The van der Waals surface area contributed by atoms with Crippen LogP contribution in [0.4, 0.5) is 0 Å². The zero-order valence-corrected chi connectivity index (χ0v) is 8.49. The van der Waals surface area contributed by atoms with Gasteiger partial charge in [-0.1, -0.05) is 32.0 Å². The SMILES string of the molecule is CCC(C)C1OC(=O)c2ccccc21. The largest absolute Gasteiger partial charge is 0.454 e. The lowest BCUT2D eigenvalue weighted by Crippen LogP contribution is -2.08. The quantitative estimate of drug-likeness (QED) is 0.670. The summed E-state index contributed by atoms with van der Waals surface area (Å²) in [4.78, 5) is 11.5. The van der Waals surface area contributed by atoms with Gasteiger partial charge in [0.2, 0.25) is 0 Å². The van der Waals surface area contributed by atoms with Crippen LogP contribution in [0.15, 0.2) is 24.3 Å². The molecular weight excluding hydrogens is 176 g/mol. The van der Waals surface area contributed by atoms with Crippen LogP contribution in [0.25, 0.3) is 0 Å². The maximum atomic E-state index is 11.5. The summed E-state index contributed by atoms with van der Waals surface area (Å²) in [6.07, 6.45) is 0.982. The van der Waals surface area contributed by atoms with E-state index < -0.39 is 0 Å². The summed E-state index contributed by atoms with van der Waals surface area (Å²) in [5, 5.41) is 0. The molecule has 1 aliphatic heterocycles. The topological polar surface area (TPSA) is 26.3 Å². The van der Waals surface area contributed by atoms with E-state index >= 15 is 0 Å². The average molecular weight is 190 g/mol. The molecule has 2 atom stereocenters. The molecule has 0 N–H and O–H groups in total. The molecule has 1 heterocycles. The summed E-state index contributed by atoms with van der Waals surface area (Å²) in [6, 6.07) is 7.65. The van der Waals surface area contributed by atoms with Crippen LogP contribution in [0.3, 0.4) is 0 Å². The van der Waals surface area contributed by atoms with Crippen LogP contribution in [0.1, 0.15) is 42.3 Å². The van der Waals surface area contributed by atoms with E-state index in [1.807, 2.05) is 24.3 Å². The molecule has 2 unspecified atom stereocenters. The molecule has 1 aromatic carbocycles. The van der Waals surface area contributed by atoms with Crippen LogP contribution in [-0.4, -0.2) is 5.97 Å². The Kier molecular flexibility index (Phi) is 2.28. The predicted octanol–water partition coefficient (Wildman–Crippen LogP) is 2.94. The molecule has 1 aromatic rings. The third-order valence-electron chi connectivity index (χ3n) is 2.88. The molecule has 0 aromatic heterocycles. The number of esters is 1. The maximum absolute atomic E-state index is 11.5. The molecule has 0 saturated heterocycles. The van der Waals surface area contributed by atoms with Gasteiger partial charge >= 0.3 is 5.97 Å². The summed E-state index contributed by atoms with van der Waals surface area (Å²) in [5.74, 6) is 0.216. The highest BCUT2D eigenvalue weighted by Crippen LogP contribution is 2.36. The van der Waals surface area contributed by atoms with Gasteiger partial charge in [-0.15, -0.1) is 0 Å². The number of cyclic esters (lactones) is 1. The van der Waals surface area contributed by atoms with E-state index in [1.165, 1.54) is 0 Å². The molecule has 14 heavy (non-hydrogen) atoms. The van der Waals surface area contributed by atoms with Crippen molar-refractivity contribution in [1.29, 1.82) is 0 Å². The van der Waals surface area contributed by atoms with E-state index in [9.17, 15) is 4.79 Å². The standard InChI is InChI=1S/C12H14O2/c1-3-8(2)11-9-6-4-5-7-10(9)12(13)14-11/h4-8,11H,3H2,1-2H3. The van der Waals surface area contributed by atoms with Gasteiger partial charge in [-0.2, -0.15) is 0 Å². The van der Waals surface area contributed by atoms with E-state index in [4.69, 9.17) is 4.74 Å². The number of fused-ring (bicyclic) bond motifs is 1. The zero-order valence-electron chi connectivity index (χ0n) is 8.49. The fourth-order valence-corrected chi connectivity index (χ4v) is 1.81. The summed E-state index contributed by atoms with van der Waals surface area (Å²) < 4.78 is 5.35. The fourth-order valence-electron chi connectivity index (χ4n) is 1.81. The minimum absolute atomic E-state index is 0.0382. The maximum Gasteiger partial charge on any atom is 0.339 e. The molecule has 0 radical (unpaired) electrons. The van der Waals surface area contributed by atoms with E-state index in [0.717, 1.165) is 17.5 Å². The number of hydrogen-bond acceptors (Lipinski definition) is 2. The second kappa shape index (κ2) is 3.45. The Bertz CT molecular complexity index is 357. The molecule has 0 saturated carbocycles. The first-order chi connectivity index (χ1) is 6.74. The van der Waals surface area contributed by atoms with Crippen molar-refractivity contribution in [2.75, 3.05) is 0 Å². The Morgan fingerprint density at radius 1 is 1.43 bits per heavy atom. The van der Waals surface area contributed by atoms with Gasteiger partial charge in [-0.3, -0.25) is 0 Å². The van der Waals surface area contributed by atoms with Crippen LogP contribution >= 0.6 is 0 Å². The number of carbonyl (C=O) groups is 1. The second-order valence-corrected chi connectivity index (χ2v) is 3.80. The van der Waals surface area contributed by atoms with Gasteiger partial charge in [0.15, 0.2) is 0 Å². The van der Waals surface area contributed by atoms with Crippen LogP contribution in [-0.2, 0) is 4.74 Å². The average Bonchev–Trinajstić information content (AvgIpc) is 2.56. The lowest BCUT2D eigenvalue weighted by atomic mass is 9.94. The van der Waals surface area contributed by atoms with Crippen molar-refractivity contribution in [3.05, 3.63) is 35.4 Å². The first-order valence-corrected chi connectivity index (χ1v) is 5.04. The fraction of sp³-hybridized carbons (Fsp3) is 0.417. The van der Waals surface area contributed by atoms with Crippen molar-refractivity contribution in [3.63, 3.8) is 0 Å². The highest BCUT2D eigenvalue weighted by atomic mass is 16.5. The van der Waals surface area contributed by atoms with Crippen molar-refractivity contribution in [2.24, 2.45) is 5.92 Å². The molecule has 0 aliphatic carbocycles. The third kappa shape index (κ3) is 1.31. The minimum atomic E-state index is -0.175. The van der Waals surface area contributed by atoms with Gasteiger partial charge in [0.25, 0.3) is 0 Å². The second-order valence-electron chi connectivity index (χ2n) is 3.80. The van der Waals surface area contributed by atoms with Crippen LogP contribution in [0.2, 0.25) is 0 Å². The first kappa shape index (κ1) is 9.25. The van der Waals surface area contributed by atoms with E-state index in [1.54, 1.807) is 0 Å². The number of carbonyl (C=O) groups excluding carboxylic acids is 1. The normalized spacial score (nSPS) is 21.6. The molecule has 0 spiro atoms. The first-order valence-electron chi connectivity index (χ1n) is 5.04. The van der Waals surface area contributed by atoms with Gasteiger partial charge in [-0.25, -0.2) is 4.79 Å². The zero-order chi connectivity index (χ0) is 10.1. The van der Waals surface area contributed by atoms with E-state index in [2.05, 4.69) is 13.8 Å².